The average molecular weight is 229 g/mol. The van der Waals surface area contributed by atoms with Crippen LogP contribution in [0.5, 0.6) is 0 Å². The minimum atomic E-state index is -0.0725. The van der Waals surface area contributed by atoms with Crippen molar-refractivity contribution in [3.05, 3.63) is 53.6 Å². The van der Waals surface area contributed by atoms with Gasteiger partial charge in [0.25, 0.3) is 5.91 Å². The Hall–Kier alpha value is -2.10. The molecule has 1 aromatic heterocycles. The SMILES string of the molecule is Cc1cccc(C(=O)NCc2nccn2C)c1. The fraction of sp³-hybridized carbons (Fsp3) is 0.231. The fourth-order valence-electron chi connectivity index (χ4n) is 1.61. The van der Waals surface area contributed by atoms with E-state index in [1.807, 2.05) is 42.9 Å². The van der Waals surface area contributed by atoms with Gasteiger partial charge in [0.1, 0.15) is 5.82 Å². The van der Waals surface area contributed by atoms with E-state index < -0.39 is 0 Å². The maximum Gasteiger partial charge on any atom is 0.251 e. The first-order valence-electron chi connectivity index (χ1n) is 5.48. The number of hydrogen-bond donors (Lipinski definition) is 1. The highest BCUT2D eigenvalue weighted by Crippen LogP contribution is 2.04. The lowest BCUT2D eigenvalue weighted by Crippen LogP contribution is -2.24. The molecule has 17 heavy (non-hydrogen) atoms. The molecule has 1 N–H and O–H groups in total. The third-order valence-corrected chi connectivity index (χ3v) is 2.61. The number of aryl methyl sites for hydroxylation is 2. The van der Waals surface area contributed by atoms with Gasteiger partial charge in [-0.05, 0) is 19.1 Å². The topological polar surface area (TPSA) is 46.9 Å². The number of carbonyl (C=O) groups excluding carboxylic acids is 1. The Labute approximate surface area is 100 Å². The smallest absolute Gasteiger partial charge is 0.251 e. The monoisotopic (exact) mass is 229 g/mol. The van der Waals surface area contributed by atoms with E-state index >= 15 is 0 Å². The minimum absolute atomic E-state index is 0.0725. The molecule has 0 saturated carbocycles. The summed E-state index contributed by atoms with van der Waals surface area (Å²) in [5.74, 6) is 0.766. The Morgan fingerprint density at radius 2 is 2.29 bits per heavy atom. The molecule has 0 fully saturated rings. The van der Waals surface area contributed by atoms with Crippen LogP contribution in [-0.4, -0.2) is 15.5 Å². The van der Waals surface area contributed by atoms with E-state index in [0.717, 1.165) is 11.4 Å². The molecule has 0 aliphatic rings. The number of nitrogens with zero attached hydrogens (tertiary/aromatic N) is 2. The molecule has 0 spiro atoms. The second-order valence-electron chi connectivity index (χ2n) is 4.01. The molecule has 0 atom stereocenters. The summed E-state index contributed by atoms with van der Waals surface area (Å²) in [5, 5.41) is 2.85. The largest absolute Gasteiger partial charge is 0.345 e. The Morgan fingerprint density at radius 3 is 2.94 bits per heavy atom. The lowest BCUT2D eigenvalue weighted by atomic mass is 10.1. The van der Waals surface area contributed by atoms with Crippen LogP contribution in [0.25, 0.3) is 0 Å². The molecule has 0 bridgehead atoms. The highest BCUT2D eigenvalue weighted by molar-refractivity contribution is 5.94. The van der Waals surface area contributed by atoms with Crippen LogP contribution in [0, 0.1) is 6.92 Å². The van der Waals surface area contributed by atoms with Gasteiger partial charge in [-0.1, -0.05) is 17.7 Å². The molecule has 4 nitrogen and oxygen atoms in total. The molecule has 0 radical (unpaired) electrons. The number of aromatic nitrogens is 2. The molecule has 0 saturated heterocycles. The molecular formula is C13H15N3O. The van der Waals surface area contributed by atoms with Gasteiger partial charge < -0.3 is 9.88 Å². The van der Waals surface area contributed by atoms with Crippen LogP contribution in [0.4, 0.5) is 0 Å². The molecule has 1 aromatic carbocycles. The van der Waals surface area contributed by atoms with Crippen molar-refractivity contribution in [3.8, 4) is 0 Å². The van der Waals surface area contributed by atoms with Gasteiger partial charge in [-0.3, -0.25) is 4.79 Å². The van der Waals surface area contributed by atoms with Crippen molar-refractivity contribution in [2.24, 2.45) is 7.05 Å². The average Bonchev–Trinajstić information content (AvgIpc) is 2.72. The number of benzene rings is 1. The van der Waals surface area contributed by atoms with E-state index in [4.69, 9.17) is 0 Å². The first kappa shape index (κ1) is 11.4. The first-order valence-corrected chi connectivity index (χ1v) is 5.48. The van der Waals surface area contributed by atoms with Crippen LogP contribution in [0.15, 0.2) is 36.7 Å². The molecular weight excluding hydrogens is 214 g/mol. The number of rotatable bonds is 3. The van der Waals surface area contributed by atoms with E-state index in [-0.39, 0.29) is 5.91 Å². The van der Waals surface area contributed by atoms with Crippen LogP contribution in [0.2, 0.25) is 0 Å². The Morgan fingerprint density at radius 1 is 1.47 bits per heavy atom. The van der Waals surface area contributed by atoms with Crippen molar-refractivity contribution in [1.29, 1.82) is 0 Å². The summed E-state index contributed by atoms with van der Waals surface area (Å²) in [6.45, 7) is 2.41. The summed E-state index contributed by atoms with van der Waals surface area (Å²) in [6.07, 6.45) is 3.57. The second kappa shape index (κ2) is 4.82. The number of hydrogen-bond acceptors (Lipinski definition) is 2. The van der Waals surface area contributed by atoms with Gasteiger partial charge in [0.2, 0.25) is 0 Å². The van der Waals surface area contributed by atoms with E-state index in [2.05, 4.69) is 10.3 Å². The normalized spacial score (nSPS) is 10.2. The zero-order chi connectivity index (χ0) is 12.3. The van der Waals surface area contributed by atoms with E-state index in [0.29, 0.717) is 12.1 Å². The van der Waals surface area contributed by atoms with Crippen LogP contribution >= 0.6 is 0 Å². The quantitative estimate of drug-likeness (QED) is 0.870. The molecule has 1 amide bonds. The zero-order valence-electron chi connectivity index (χ0n) is 9.97. The Bertz CT molecular complexity index is 531. The van der Waals surface area contributed by atoms with Gasteiger partial charge in [-0.25, -0.2) is 4.98 Å². The van der Waals surface area contributed by atoms with Crippen LogP contribution in [-0.2, 0) is 13.6 Å². The summed E-state index contributed by atoms with van der Waals surface area (Å²) in [7, 11) is 1.90. The predicted molar refractivity (Wildman–Crippen MR) is 65.6 cm³/mol. The molecule has 88 valence electrons. The molecule has 4 heteroatoms. The van der Waals surface area contributed by atoms with Gasteiger partial charge in [-0.2, -0.15) is 0 Å². The number of carbonyl (C=O) groups is 1. The van der Waals surface area contributed by atoms with Crippen molar-refractivity contribution in [2.45, 2.75) is 13.5 Å². The summed E-state index contributed by atoms with van der Waals surface area (Å²) in [4.78, 5) is 16.0. The van der Waals surface area contributed by atoms with Crippen molar-refractivity contribution >= 4 is 5.91 Å². The molecule has 2 aromatic rings. The van der Waals surface area contributed by atoms with Gasteiger partial charge >= 0.3 is 0 Å². The van der Waals surface area contributed by atoms with Crippen LogP contribution in [0.3, 0.4) is 0 Å². The molecule has 1 heterocycles. The maximum atomic E-state index is 11.9. The van der Waals surface area contributed by atoms with E-state index in [1.54, 1.807) is 12.3 Å². The third kappa shape index (κ3) is 2.72. The van der Waals surface area contributed by atoms with Gasteiger partial charge in [0.15, 0.2) is 0 Å². The highest BCUT2D eigenvalue weighted by atomic mass is 16.1. The second-order valence-corrected chi connectivity index (χ2v) is 4.01. The number of amides is 1. The van der Waals surface area contributed by atoms with Crippen molar-refractivity contribution in [3.63, 3.8) is 0 Å². The van der Waals surface area contributed by atoms with Crippen molar-refractivity contribution in [2.75, 3.05) is 0 Å². The number of imidazole rings is 1. The zero-order valence-corrected chi connectivity index (χ0v) is 9.97. The summed E-state index contributed by atoms with van der Waals surface area (Å²) >= 11 is 0. The Balaban J connectivity index is 2.01. The first-order chi connectivity index (χ1) is 8.16. The predicted octanol–water partition coefficient (Wildman–Crippen LogP) is 1.66. The van der Waals surface area contributed by atoms with Crippen molar-refractivity contribution in [1.82, 2.24) is 14.9 Å². The van der Waals surface area contributed by atoms with Gasteiger partial charge in [0.05, 0.1) is 6.54 Å². The van der Waals surface area contributed by atoms with Crippen LogP contribution in [0.1, 0.15) is 21.7 Å². The molecule has 0 aliphatic carbocycles. The fourth-order valence-corrected chi connectivity index (χ4v) is 1.61. The van der Waals surface area contributed by atoms with Crippen LogP contribution < -0.4 is 5.32 Å². The standard InChI is InChI=1S/C13H15N3O/c1-10-4-3-5-11(8-10)13(17)15-9-12-14-6-7-16(12)2/h3-8H,9H2,1-2H3,(H,15,17). The molecule has 0 aliphatic heterocycles. The maximum absolute atomic E-state index is 11.9. The summed E-state index contributed by atoms with van der Waals surface area (Å²) in [6, 6.07) is 7.52. The summed E-state index contributed by atoms with van der Waals surface area (Å²) in [5.41, 5.74) is 1.76. The van der Waals surface area contributed by atoms with E-state index in [9.17, 15) is 4.79 Å². The highest BCUT2D eigenvalue weighted by Gasteiger charge is 2.06. The molecule has 2 rings (SSSR count). The minimum Gasteiger partial charge on any atom is -0.345 e. The third-order valence-electron chi connectivity index (χ3n) is 2.61. The lowest BCUT2D eigenvalue weighted by molar-refractivity contribution is 0.0949. The van der Waals surface area contributed by atoms with Crippen molar-refractivity contribution < 1.29 is 4.79 Å². The van der Waals surface area contributed by atoms with Gasteiger partial charge in [0, 0.05) is 25.0 Å². The summed E-state index contributed by atoms with van der Waals surface area (Å²) < 4.78 is 1.89. The molecule has 0 unspecified atom stereocenters. The number of nitrogens with one attached hydrogen (secondary N) is 1. The Kier molecular flexibility index (Phi) is 3.23. The van der Waals surface area contributed by atoms with Gasteiger partial charge in [-0.15, -0.1) is 0 Å². The van der Waals surface area contributed by atoms with E-state index in [1.165, 1.54) is 0 Å². The lowest BCUT2D eigenvalue weighted by Gasteiger charge is -2.05.